The quantitative estimate of drug-likeness (QED) is 0.643. The molecule has 2 heteroatoms. The molecule has 0 aliphatic heterocycles. The van der Waals surface area contributed by atoms with Crippen molar-refractivity contribution in [3.63, 3.8) is 0 Å². The zero-order valence-corrected chi connectivity index (χ0v) is 12.0. The molecule has 0 heterocycles. The van der Waals surface area contributed by atoms with E-state index in [1.807, 2.05) is 6.92 Å². The van der Waals surface area contributed by atoms with Gasteiger partial charge in [0.25, 0.3) is 0 Å². The van der Waals surface area contributed by atoms with Gasteiger partial charge in [-0.2, -0.15) is 0 Å². The van der Waals surface area contributed by atoms with Gasteiger partial charge in [0.05, 0.1) is 0 Å². The Labute approximate surface area is 124 Å². The van der Waals surface area contributed by atoms with Crippen molar-refractivity contribution in [1.82, 2.24) is 0 Å². The van der Waals surface area contributed by atoms with Crippen molar-refractivity contribution < 1.29 is 9.90 Å². The third-order valence-electron chi connectivity index (χ3n) is 3.20. The predicted molar refractivity (Wildman–Crippen MR) is 88.3 cm³/mol. The first-order chi connectivity index (χ1) is 10.2. The molecule has 2 nitrogen and oxygen atoms in total. The number of benzene rings is 2. The fourth-order valence-corrected chi connectivity index (χ4v) is 2.32. The minimum atomic E-state index is -0.914. The Bertz CT molecular complexity index is 716. The van der Waals surface area contributed by atoms with Crippen LogP contribution in [0.3, 0.4) is 0 Å². The van der Waals surface area contributed by atoms with Gasteiger partial charge < -0.3 is 5.11 Å². The Morgan fingerprint density at radius 3 is 2.62 bits per heavy atom. The Balaban J connectivity index is 0.000000177. The van der Waals surface area contributed by atoms with E-state index < -0.39 is 5.97 Å². The van der Waals surface area contributed by atoms with E-state index >= 15 is 0 Å². The van der Waals surface area contributed by atoms with Gasteiger partial charge in [0, 0.05) is 6.08 Å². The van der Waals surface area contributed by atoms with Crippen molar-refractivity contribution in [3.8, 4) is 0 Å². The third kappa shape index (κ3) is 3.93. The van der Waals surface area contributed by atoms with E-state index in [4.69, 9.17) is 5.11 Å². The molecular formula is C19H18O2. The Hall–Kier alpha value is -2.61. The van der Waals surface area contributed by atoms with E-state index in [0.717, 1.165) is 12.5 Å². The highest BCUT2D eigenvalue weighted by Gasteiger charge is 2.06. The van der Waals surface area contributed by atoms with Crippen molar-refractivity contribution in [2.45, 2.75) is 13.3 Å². The van der Waals surface area contributed by atoms with Crippen molar-refractivity contribution in [2.24, 2.45) is 0 Å². The summed E-state index contributed by atoms with van der Waals surface area (Å²) in [4.78, 5) is 9.75. The molecule has 2 aromatic carbocycles. The SMILES string of the molecule is C/C=C/C=C/C(=O)O.C1=Cc2cccc3cccc(c23)C1. The molecule has 3 rings (SSSR count). The molecule has 0 aromatic heterocycles. The number of carboxylic acids is 1. The largest absolute Gasteiger partial charge is 0.478 e. The number of rotatable bonds is 2. The van der Waals surface area contributed by atoms with Crippen molar-refractivity contribution >= 4 is 22.8 Å². The van der Waals surface area contributed by atoms with Crippen LogP contribution >= 0.6 is 0 Å². The molecule has 1 aliphatic carbocycles. The number of hydrogen-bond acceptors (Lipinski definition) is 1. The van der Waals surface area contributed by atoms with Crippen LogP contribution in [-0.2, 0) is 11.2 Å². The highest BCUT2D eigenvalue weighted by atomic mass is 16.4. The predicted octanol–water partition coefficient (Wildman–Crippen LogP) is 4.61. The molecule has 0 atom stereocenters. The number of hydrogen-bond donors (Lipinski definition) is 1. The van der Waals surface area contributed by atoms with Gasteiger partial charge in [-0.1, -0.05) is 66.8 Å². The second-order valence-electron chi connectivity index (χ2n) is 4.69. The van der Waals surface area contributed by atoms with Gasteiger partial charge in [-0.3, -0.25) is 0 Å². The van der Waals surface area contributed by atoms with Crippen LogP contribution in [0.4, 0.5) is 0 Å². The van der Waals surface area contributed by atoms with Crippen LogP contribution in [0.15, 0.2) is 66.8 Å². The molecule has 106 valence electrons. The van der Waals surface area contributed by atoms with Crippen LogP contribution in [0.5, 0.6) is 0 Å². The summed E-state index contributed by atoms with van der Waals surface area (Å²) in [7, 11) is 0. The lowest BCUT2D eigenvalue weighted by Crippen LogP contribution is -1.91. The Kier molecular flexibility index (Phi) is 5.10. The van der Waals surface area contributed by atoms with E-state index in [1.165, 1.54) is 28.0 Å². The van der Waals surface area contributed by atoms with Gasteiger partial charge in [-0.15, -0.1) is 0 Å². The fraction of sp³-hybridized carbons (Fsp3) is 0.105. The van der Waals surface area contributed by atoms with Crippen molar-refractivity contribution in [2.75, 3.05) is 0 Å². The van der Waals surface area contributed by atoms with E-state index in [1.54, 1.807) is 12.2 Å². The molecule has 21 heavy (non-hydrogen) atoms. The standard InChI is InChI=1S/C13H10.C6H8O2/c1-4-10-6-2-8-12-9-3-7-11(5-1)13(10)12;1-2-3-4-5-6(7)8/h1-8H,9H2;2-5H,1H3,(H,7,8)/b;3-2+,5-4+. The summed E-state index contributed by atoms with van der Waals surface area (Å²) in [5.41, 5.74) is 2.81. The van der Waals surface area contributed by atoms with E-state index in [9.17, 15) is 4.79 Å². The summed E-state index contributed by atoms with van der Waals surface area (Å²) in [6.07, 6.45) is 11.5. The van der Waals surface area contributed by atoms with Gasteiger partial charge in [0.15, 0.2) is 0 Å². The average molecular weight is 278 g/mol. The van der Waals surface area contributed by atoms with Crippen molar-refractivity contribution in [3.05, 3.63) is 77.9 Å². The first-order valence-electron chi connectivity index (χ1n) is 6.92. The summed E-state index contributed by atoms with van der Waals surface area (Å²) >= 11 is 0. The minimum absolute atomic E-state index is 0.914. The monoisotopic (exact) mass is 278 g/mol. The summed E-state index contributed by atoms with van der Waals surface area (Å²) in [5, 5.41) is 10.8. The first kappa shape index (κ1) is 14.8. The second kappa shape index (κ2) is 7.25. The molecular weight excluding hydrogens is 260 g/mol. The van der Waals surface area contributed by atoms with Crippen LogP contribution in [0.1, 0.15) is 18.1 Å². The van der Waals surface area contributed by atoms with Gasteiger partial charge in [-0.25, -0.2) is 4.79 Å². The molecule has 0 bridgehead atoms. The Morgan fingerprint density at radius 1 is 1.14 bits per heavy atom. The topological polar surface area (TPSA) is 37.3 Å². The van der Waals surface area contributed by atoms with E-state index in [-0.39, 0.29) is 0 Å². The van der Waals surface area contributed by atoms with Crippen LogP contribution in [0.25, 0.3) is 16.8 Å². The maximum absolute atomic E-state index is 9.75. The summed E-state index contributed by atoms with van der Waals surface area (Å²) < 4.78 is 0. The maximum atomic E-state index is 9.75. The highest BCUT2D eigenvalue weighted by molar-refractivity contribution is 5.94. The van der Waals surface area contributed by atoms with E-state index in [2.05, 4.69) is 48.6 Å². The fourth-order valence-electron chi connectivity index (χ4n) is 2.32. The van der Waals surface area contributed by atoms with Crippen LogP contribution in [0.2, 0.25) is 0 Å². The molecule has 1 aliphatic rings. The smallest absolute Gasteiger partial charge is 0.328 e. The molecule has 2 aromatic rings. The van der Waals surface area contributed by atoms with Gasteiger partial charge in [-0.05, 0) is 35.2 Å². The Morgan fingerprint density at radius 2 is 1.90 bits per heavy atom. The molecule has 0 saturated heterocycles. The molecule has 1 N–H and O–H groups in total. The second-order valence-corrected chi connectivity index (χ2v) is 4.69. The number of carbonyl (C=O) groups is 1. The van der Waals surface area contributed by atoms with Gasteiger partial charge in [0.2, 0.25) is 0 Å². The van der Waals surface area contributed by atoms with Gasteiger partial charge >= 0.3 is 5.97 Å². The van der Waals surface area contributed by atoms with E-state index in [0.29, 0.717) is 0 Å². The zero-order valence-electron chi connectivity index (χ0n) is 12.0. The number of carboxylic acid groups (broad SMARTS) is 1. The summed E-state index contributed by atoms with van der Waals surface area (Å²) in [5.74, 6) is -0.914. The highest BCUT2D eigenvalue weighted by Crippen LogP contribution is 2.27. The average Bonchev–Trinajstić information content (AvgIpc) is 2.49. The third-order valence-corrected chi connectivity index (χ3v) is 3.20. The van der Waals surface area contributed by atoms with Crippen molar-refractivity contribution in [1.29, 1.82) is 0 Å². The number of aliphatic carboxylic acids is 1. The normalized spacial score (nSPS) is 12.6. The minimum Gasteiger partial charge on any atom is -0.478 e. The lowest BCUT2D eigenvalue weighted by molar-refractivity contribution is -0.131. The molecule has 0 fully saturated rings. The summed E-state index contributed by atoms with van der Waals surface area (Å²) in [6.45, 7) is 1.83. The van der Waals surface area contributed by atoms with Crippen LogP contribution in [-0.4, -0.2) is 11.1 Å². The van der Waals surface area contributed by atoms with Gasteiger partial charge in [0.1, 0.15) is 0 Å². The zero-order chi connectivity index (χ0) is 15.1. The first-order valence-corrected chi connectivity index (χ1v) is 6.92. The molecule has 0 radical (unpaired) electrons. The lowest BCUT2D eigenvalue weighted by Gasteiger charge is -2.11. The number of allylic oxidation sites excluding steroid dienone is 4. The molecule has 0 spiro atoms. The summed E-state index contributed by atoms with van der Waals surface area (Å²) in [6, 6.07) is 13.0. The van der Waals surface area contributed by atoms with Crippen LogP contribution < -0.4 is 0 Å². The maximum Gasteiger partial charge on any atom is 0.328 e. The van der Waals surface area contributed by atoms with Crippen LogP contribution in [0, 0.1) is 0 Å². The lowest BCUT2D eigenvalue weighted by atomic mass is 9.93. The molecule has 0 saturated carbocycles. The molecule has 0 unspecified atom stereocenters. The molecule has 0 amide bonds.